The van der Waals surface area contributed by atoms with E-state index in [4.69, 9.17) is 5.11 Å². The summed E-state index contributed by atoms with van der Waals surface area (Å²) < 4.78 is 0. The van der Waals surface area contributed by atoms with Crippen molar-refractivity contribution in [3.05, 3.63) is 15.6 Å². The van der Waals surface area contributed by atoms with Gasteiger partial charge < -0.3 is 5.11 Å². The number of carboxylic acid groups (broad SMARTS) is 1. The van der Waals surface area contributed by atoms with Gasteiger partial charge in [-0.05, 0) is 33.6 Å². The average molecular weight is 227 g/mol. The summed E-state index contributed by atoms with van der Waals surface area (Å²) in [6.07, 6.45) is 1.97. The summed E-state index contributed by atoms with van der Waals surface area (Å²) in [4.78, 5) is 16.4. The summed E-state index contributed by atoms with van der Waals surface area (Å²) in [6, 6.07) is 0. The van der Waals surface area contributed by atoms with Gasteiger partial charge in [-0.15, -0.1) is 11.3 Å². The molecule has 1 aromatic rings. The third kappa shape index (κ3) is 2.37. The van der Waals surface area contributed by atoms with E-state index in [0.29, 0.717) is 0 Å². The van der Waals surface area contributed by atoms with Gasteiger partial charge in [0.05, 0.1) is 16.1 Å². The van der Waals surface area contributed by atoms with E-state index < -0.39 is 11.4 Å². The molecular weight excluding hydrogens is 210 g/mol. The molecule has 15 heavy (non-hydrogen) atoms. The summed E-state index contributed by atoms with van der Waals surface area (Å²) in [7, 11) is 0. The Morgan fingerprint density at radius 3 is 2.60 bits per heavy atom. The fourth-order valence-electron chi connectivity index (χ4n) is 1.45. The van der Waals surface area contributed by atoms with Gasteiger partial charge in [-0.3, -0.25) is 4.79 Å². The molecule has 0 spiro atoms. The zero-order valence-corrected chi connectivity index (χ0v) is 10.4. The zero-order chi connectivity index (χ0) is 11.6. The van der Waals surface area contributed by atoms with E-state index in [0.717, 1.165) is 28.4 Å². The molecule has 0 aliphatic rings. The molecule has 4 heteroatoms. The Balaban J connectivity index is 3.09. The zero-order valence-electron chi connectivity index (χ0n) is 9.63. The summed E-state index contributed by atoms with van der Waals surface area (Å²) in [6.45, 7) is 7.44. The van der Waals surface area contributed by atoms with Gasteiger partial charge in [0.15, 0.2) is 0 Å². The number of nitrogens with zero attached hydrogens (tertiary/aromatic N) is 1. The van der Waals surface area contributed by atoms with E-state index >= 15 is 0 Å². The van der Waals surface area contributed by atoms with Crippen molar-refractivity contribution in [3.63, 3.8) is 0 Å². The van der Waals surface area contributed by atoms with Gasteiger partial charge in [0.1, 0.15) is 0 Å². The summed E-state index contributed by atoms with van der Waals surface area (Å²) in [5.41, 5.74) is 0.0316. The minimum atomic E-state index is -0.826. The number of thiazole rings is 1. The number of carbonyl (C=O) groups is 1. The normalized spacial score (nSPS) is 11.7. The van der Waals surface area contributed by atoms with Crippen LogP contribution >= 0.6 is 11.3 Å². The molecule has 1 heterocycles. The van der Waals surface area contributed by atoms with Crippen molar-refractivity contribution in [1.29, 1.82) is 0 Å². The maximum Gasteiger partial charge on any atom is 0.314 e. The van der Waals surface area contributed by atoms with Crippen LogP contribution in [-0.2, 0) is 16.6 Å². The molecule has 1 N–H and O–H groups in total. The lowest BCUT2D eigenvalue weighted by molar-refractivity contribution is -0.142. The second-order valence-corrected chi connectivity index (χ2v) is 5.29. The Hall–Kier alpha value is -0.900. The molecule has 3 nitrogen and oxygen atoms in total. The molecule has 0 radical (unpaired) electrons. The second-order valence-electron chi connectivity index (χ2n) is 4.20. The van der Waals surface area contributed by atoms with Gasteiger partial charge in [0.2, 0.25) is 0 Å². The highest BCUT2D eigenvalue weighted by atomic mass is 32.1. The molecule has 1 aromatic heterocycles. The largest absolute Gasteiger partial charge is 0.481 e. The Morgan fingerprint density at radius 1 is 1.53 bits per heavy atom. The smallest absolute Gasteiger partial charge is 0.314 e. The Labute approximate surface area is 94.2 Å². The monoisotopic (exact) mass is 227 g/mol. The lowest BCUT2D eigenvalue weighted by Crippen LogP contribution is -2.28. The average Bonchev–Trinajstić information content (AvgIpc) is 2.47. The van der Waals surface area contributed by atoms with E-state index in [1.54, 1.807) is 13.8 Å². The first-order valence-corrected chi connectivity index (χ1v) is 5.91. The van der Waals surface area contributed by atoms with Crippen LogP contribution in [0.15, 0.2) is 0 Å². The number of hydrogen-bond donors (Lipinski definition) is 1. The number of carboxylic acids is 1. The lowest BCUT2D eigenvalue weighted by atomic mass is 9.91. The van der Waals surface area contributed by atoms with Crippen molar-refractivity contribution in [2.45, 2.75) is 46.0 Å². The van der Waals surface area contributed by atoms with E-state index in [1.165, 1.54) is 11.3 Å². The van der Waals surface area contributed by atoms with Crippen molar-refractivity contribution in [3.8, 4) is 0 Å². The fourth-order valence-corrected chi connectivity index (χ4v) is 2.71. The van der Waals surface area contributed by atoms with Crippen molar-refractivity contribution < 1.29 is 9.90 Å². The van der Waals surface area contributed by atoms with Crippen LogP contribution in [0.2, 0.25) is 0 Å². The molecule has 0 amide bonds. The maximum absolute atomic E-state index is 11.1. The van der Waals surface area contributed by atoms with Crippen molar-refractivity contribution >= 4 is 17.3 Å². The van der Waals surface area contributed by atoms with Gasteiger partial charge in [-0.2, -0.15) is 0 Å². The molecule has 0 saturated heterocycles. The first-order chi connectivity index (χ1) is 6.89. The molecule has 0 fully saturated rings. The SMILES string of the molecule is CCCc1nc(C)c(C(C)(C)C(=O)O)s1. The number of aliphatic carboxylic acids is 1. The van der Waals surface area contributed by atoms with Crippen LogP contribution in [0.4, 0.5) is 0 Å². The third-order valence-corrected chi connectivity index (χ3v) is 3.95. The molecule has 0 aliphatic carbocycles. The number of aryl methyl sites for hydroxylation is 2. The maximum atomic E-state index is 11.1. The summed E-state index contributed by atoms with van der Waals surface area (Å²) >= 11 is 1.53. The van der Waals surface area contributed by atoms with Gasteiger partial charge in [0.25, 0.3) is 0 Å². The van der Waals surface area contributed by atoms with Crippen molar-refractivity contribution in [1.82, 2.24) is 4.98 Å². The molecule has 0 saturated carbocycles. The van der Waals surface area contributed by atoms with E-state index in [9.17, 15) is 4.79 Å². The minimum absolute atomic E-state index is 0.794. The molecule has 0 aromatic carbocycles. The van der Waals surface area contributed by atoms with Gasteiger partial charge >= 0.3 is 5.97 Å². The highest BCUT2D eigenvalue weighted by Gasteiger charge is 2.33. The molecule has 0 bridgehead atoms. The molecule has 0 unspecified atom stereocenters. The van der Waals surface area contributed by atoms with Gasteiger partial charge in [-0.25, -0.2) is 4.98 Å². The number of aromatic nitrogens is 1. The van der Waals surface area contributed by atoms with Crippen LogP contribution in [0.5, 0.6) is 0 Å². The van der Waals surface area contributed by atoms with Crippen LogP contribution in [0, 0.1) is 6.92 Å². The molecule has 1 rings (SSSR count). The van der Waals surface area contributed by atoms with Crippen molar-refractivity contribution in [2.75, 3.05) is 0 Å². The Morgan fingerprint density at radius 2 is 2.13 bits per heavy atom. The summed E-state index contributed by atoms with van der Waals surface area (Å²) in [5, 5.41) is 10.2. The molecule has 0 aliphatic heterocycles. The molecular formula is C11H17NO2S. The predicted octanol–water partition coefficient (Wildman–Crippen LogP) is 2.77. The first kappa shape index (κ1) is 12.2. The van der Waals surface area contributed by atoms with Crippen molar-refractivity contribution in [2.24, 2.45) is 0 Å². The third-order valence-electron chi connectivity index (χ3n) is 2.41. The lowest BCUT2D eigenvalue weighted by Gasteiger charge is -2.17. The quantitative estimate of drug-likeness (QED) is 0.860. The number of hydrogen-bond acceptors (Lipinski definition) is 3. The fraction of sp³-hybridized carbons (Fsp3) is 0.636. The second kappa shape index (κ2) is 4.31. The summed E-state index contributed by atoms with van der Waals surface area (Å²) in [5.74, 6) is -0.794. The molecule has 84 valence electrons. The number of rotatable bonds is 4. The molecule has 0 atom stereocenters. The Kier molecular flexibility index (Phi) is 3.50. The Bertz CT molecular complexity index is 369. The van der Waals surface area contributed by atoms with E-state index in [2.05, 4.69) is 11.9 Å². The predicted molar refractivity (Wildman–Crippen MR) is 61.5 cm³/mol. The van der Waals surface area contributed by atoms with E-state index in [-0.39, 0.29) is 0 Å². The van der Waals surface area contributed by atoms with Crippen LogP contribution in [0.3, 0.4) is 0 Å². The van der Waals surface area contributed by atoms with E-state index in [1.807, 2.05) is 6.92 Å². The van der Waals surface area contributed by atoms with Crippen LogP contribution < -0.4 is 0 Å². The van der Waals surface area contributed by atoms with Crippen LogP contribution in [-0.4, -0.2) is 16.1 Å². The van der Waals surface area contributed by atoms with Gasteiger partial charge in [-0.1, -0.05) is 6.92 Å². The highest BCUT2D eigenvalue weighted by molar-refractivity contribution is 7.12. The highest BCUT2D eigenvalue weighted by Crippen LogP contribution is 2.32. The van der Waals surface area contributed by atoms with Crippen LogP contribution in [0.25, 0.3) is 0 Å². The van der Waals surface area contributed by atoms with Gasteiger partial charge in [0, 0.05) is 4.88 Å². The van der Waals surface area contributed by atoms with Crippen LogP contribution in [0.1, 0.15) is 42.8 Å². The minimum Gasteiger partial charge on any atom is -0.481 e. The topological polar surface area (TPSA) is 50.2 Å². The standard InChI is InChI=1S/C11H17NO2S/c1-5-6-8-12-7(2)9(15-8)11(3,4)10(13)14/h5-6H2,1-4H3,(H,13,14). The first-order valence-electron chi connectivity index (χ1n) is 5.09.